The van der Waals surface area contributed by atoms with Crippen molar-refractivity contribution in [3.63, 3.8) is 0 Å². The number of hydrogen-bond acceptors (Lipinski definition) is 3. The van der Waals surface area contributed by atoms with E-state index in [0.717, 1.165) is 33.4 Å². The summed E-state index contributed by atoms with van der Waals surface area (Å²) in [6.07, 6.45) is 2.18. The Hall–Kier alpha value is -2.88. The fourth-order valence-corrected chi connectivity index (χ4v) is 3.14. The second-order valence-corrected chi connectivity index (χ2v) is 6.38. The molecular formula is C21H23N3O. The number of aromatic nitrogens is 1. The maximum Gasteiger partial charge on any atom is 0.226 e. The molecule has 0 aliphatic heterocycles. The molecule has 128 valence electrons. The van der Waals surface area contributed by atoms with Crippen LogP contribution in [0, 0.1) is 20.8 Å². The molecule has 0 aliphatic carbocycles. The van der Waals surface area contributed by atoms with E-state index in [4.69, 9.17) is 0 Å². The van der Waals surface area contributed by atoms with Crippen LogP contribution >= 0.6 is 0 Å². The second kappa shape index (κ2) is 7.34. The molecule has 2 N–H and O–H groups in total. The van der Waals surface area contributed by atoms with Crippen molar-refractivity contribution in [3.8, 4) is 0 Å². The van der Waals surface area contributed by atoms with Crippen LogP contribution in [-0.2, 0) is 4.79 Å². The summed E-state index contributed by atoms with van der Waals surface area (Å²) in [4.78, 5) is 16.7. The molecule has 0 radical (unpaired) electrons. The third-order valence-electron chi connectivity index (χ3n) is 4.24. The fourth-order valence-electron chi connectivity index (χ4n) is 3.14. The van der Waals surface area contributed by atoms with Crippen molar-refractivity contribution in [1.82, 2.24) is 4.98 Å². The fraction of sp³-hybridized carbons (Fsp3) is 0.238. The first-order valence-corrected chi connectivity index (χ1v) is 8.50. The van der Waals surface area contributed by atoms with Crippen LogP contribution in [0.25, 0.3) is 10.9 Å². The number of amides is 1. The molecule has 0 saturated carbocycles. The van der Waals surface area contributed by atoms with E-state index in [1.165, 1.54) is 5.56 Å². The predicted molar refractivity (Wildman–Crippen MR) is 104 cm³/mol. The molecule has 3 rings (SSSR count). The summed E-state index contributed by atoms with van der Waals surface area (Å²) in [5, 5.41) is 7.44. The van der Waals surface area contributed by atoms with Crippen LogP contribution in [0.4, 0.5) is 11.4 Å². The standard InChI is InChI=1S/C21H23N3O/c1-14-12-15(2)20(16(3)13-14)24-19(25)9-11-22-18-8-4-6-17-7-5-10-23-21(17)18/h4-8,10,12-13,22H,9,11H2,1-3H3,(H,24,25). The van der Waals surface area contributed by atoms with Gasteiger partial charge in [0.2, 0.25) is 5.91 Å². The van der Waals surface area contributed by atoms with Crippen LogP contribution < -0.4 is 10.6 Å². The lowest BCUT2D eigenvalue weighted by Gasteiger charge is -2.13. The molecule has 0 aliphatic rings. The number of carbonyl (C=O) groups is 1. The van der Waals surface area contributed by atoms with Crippen LogP contribution in [0.3, 0.4) is 0 Å². The molecule has 1 aromatic heterocycles. The Morgan fingerprint density at radius 3 is 2.52 bits per heavy atom. The molecule has 0 unspecified atom stereocenters. The van der Waals surface area contributed by atoms with Crippen molar-refractivity contribution in [2.24, 2.45) is 0 Å². The van der Waals surface area contributed by atoms with E-state index < -0.39 is 0 Å². The molecule has 2 aromatic carbocycles. The van der Waals surface area contributed by atoms with E-state index in [1.54, 1.807) is 6.20 Å². The van der Waals surface area contributed by atoms with Gasteiger partial charge < -0.3 is 10.6 Å². The molecule has 1 amide bonds. The molecule has 0 fully saturated rings. The van der Waals surface area contributed by atoms with E-state index in [9.17, 15) is 4.79 Å². The van der Waals surface area contributed by atoms with Gasteiger partial charge in [0.05, 0.1) is 11.2 Å². The molecule has 4 heteroatoms. The third kappa shape index (κ3) is 3.97. The highest BCUT2D eigenvalue weighted by Crippen LogP contribution is 2.23. The summed E-state index contributed by atoms with van der Waals surface area (Å²) in [5.74, 6) is 0.00995. The number of nitrogens with zero attached hydrogens (tertiary/aromatic N) is 1. The van der Waals surface area contributed by atoms with Gasteiger partial charge in [0.1, 0.15) is 0 Å². The van der Waals surface area contributed by atoms with E-state index >= 15 is 0 Å². The average molecular weight is 333 g/mol. The molecule has 3 aromatic rings. The van der Waals surface area contributed by atoms with Gasteiger partial charge in [-0.25, -0.2) is 0 Å². The lowest BCUT2D eigenvalue weighted by atomic mass is 10.1. The average Bonchev–Trinajstić information content (AvgIpc) is 2.58. The molecule has 25 heavy (non-hydrogen) atoms. The Morgan fingerprint density at radius 1 is 1.04 bits per heavy atom. The lowest BCUT2D eigenvalue weighted by molar-refractivity contribution is -0.115. The van der Waals surface area contributed by atoms with E-state index in [-0.39, 0.29) is 5.91 Å². The van der Waals surface area contributed by atoms with Crippen LogP contribution in [0.5, 0.6) is 0 Å². The van der Waals surface area contributed by atoms with Gasteiger partial charge >= 0.3 is 0 Å². The number of fused-ring (bicyclic) bond motifs is 1. The number of pyridine rings is 1. The first-order valence-electron chi connectivity index (χ1n) is 8.50. The zero-order valence-electron chi connectivity index (χ0n) is 14.9. The molecule has 1 heterocycles. The highest BCUT2D eigenvalue weighted by Gasteiger charge is 2.08. The van der Waals surface area contributed by atoms with E-state index in [0.29, 0.717) is 13.0 Å². The minimum Gasteiger partial charge on any atom is -0.383 e. The Kier molecular flexibility index (Phi) is 4.98. The first-order chi connectivity index (χ1) is 12.0. The summed E-state index contributed by atoms with van der Waals surface area (Å²) in [6, 6.07) is 14.1. The summed E-state index contributed by atoms with van der Waals surface area (Å²) >= 11 is 0. The van der Waals surface area contributed by atoms with Gasteiger partial charge in [-0.15, -0.1) is 0 Å². The second-order valence-electron chi connectivity index (χ2n) is 6.38. The Labute approximate surface area is 148 Å². The largest absolute Gasteiger partial charge is 0.383 e. The molecule has 0 saturated heterocycles. The van der Waals surface area contributed by atoms with Crippen molar-refractivity contribution >= 4 is 28.2 Å². The van der Waals surface area contributed by atoms with E-state index in [1.807, 2.05) is 44.2 Å². The van der Waals surface area contributed by atoms with Gasteiger partial charge in [-0.05, 0) is 44.0 Å². The van der Waals surface area contributed by atoms with Gasteiger partial charge in [0.25, 0.3) is 0 Å². The molecular weight excluding hydrogens is 310 g/mol. The maximum atomic E-state index is 12.3. The van der Waals surface area contributed by atoms with E-state index in [2.05, 4.69) is 34.7 Å². The Bertz CT molecular complexity index is 890. The SMILES string of the molecule is Cc1cc(C)c(NC(=O)CCNc2cccc3cccnc23)c(C)c1. The number of aryl methyl sites for hydroxylation is 3. The van der Waals surface area contributed by atoms with Crippen LogP contribution in [-0.4, -0.2) is 17.4 Å². The number of para-hydroxylation sites is 1. The quantitative estimate of drug-likeness (QED) is 0.717. The van der Waals surface area contributed by atoms with Crippen LogP contribution in [0.1, 0.15) is 23.1 Å². The zero-order chi connectivity index (χ0) is 17.8. The number of nitrogens with one attached hydrogen (secondary N) is 2. The number of benzene rings is 2. The Balaban J connectivity index is 1.61. The van der Waals surface area contributed by atoms with Gasteiger partial charge in [-0.2, -0.15) is 0 Å². The summed E-state index contributed by atoms with van der Waals surface area (Å²) < 4.78 is 0. The zero-order valence-corrected chi connectivity index (χ0v) is 14.9. The molecule has 0 bridgehead atoms. The maximum absolute atomic E-state index is 12.3. The number of rotatable bonds is 5. The van der Waals surface area contributed by atoms with Crippen molar-refractivity contribution in [2.75, 3.05) is 17.2 Å². The topological polar surface area (TPSA) is 54.0 Å². The smallest absolute Gasteiger partial charge is 0.226 e. The van der Waals surface area contributed by atoms with Gasteiger partial charge in [-0.1, -0.05) is 35.9 Å². The van der Waals surface area contributed by atoms with Crippen molar-refractivity contribution < 1.29 is 4.79 Å². The first kappa shape index (κ1) is 17.0. The lowest BCUT2D eigenvalue weighted by Crippen LogP contribution is -2.17. The number of hydrogen-bond donors (Lipinski definition) is 2. The summed E-state index contributed by atoms with van der Waals surface area (Å²) in [6.45, 7) is 6.67. The van der Waals surface area contributed by atoms with Gasteiger partial charge in [-0.3, -0.25) is 9.78 Å². The van der Waals surface area contributed by atoms with Crippen molar-refractivity contribution in [1.29, 1.82) is 0 Å². The number of anilines is 2. The van der Waals surface area contributed by atoms with Crippen molar-refractivity contribution in [3.05, 3.63) is 65.4 Å². The molecule has 4 nitrogen and oxygen atoms in total. The normalized spacial score (nSPS) is 10.7. The molecule has 0 atom stereocenters. The predicted octanol–water partition coefficient (Wildman–Crippen LogP) is 4.60. The third-order valence-corrected chi connectivity index (χ3v) is 4.24. The molecule has 0 spiro atoms. The highest BCUT2D eigenvalue weighted by atomic mass is 16.1. The minimum atomic E-state index is 0.00995. The van der Waals surface area contributed by atoms with Gasteiger partial charge in [0, 0.05) is 30.2 Å². The van der Waals surface area contributed by atoms with Gasteiger partial charge in [0.15, 0.2) is 0 Å². The summed E-state index contributed by atoms with van der Waals surface area (Å²) in [5.41, 5.74) is 6.19. The summed E-state index contributed by atoms with van der Waals surface area (Å²) in [7, 11) is 0. The Morgan fingerprint density at radius 2 is 1.76 bits per heavy atom. The number of carbonyl (C=O) groups excluding carboxylic acids is 1. The van der Waals surface area contributed by atoms with Crippen LogP contribution in [0.15, 0.2) is 48.7 Å². The minimum absolute atomic E-state index is 0.00995. The monoisotopic (exact) mass is 333 g/mol. The van der Waals surface area contributed by atoms with Crippen LogP contribution in [0.2, 0.25) is 0 Å². The van der Waals surface area contributed by atoms with Crippen molar-refractivity contribution in [2.45, 2.75) is 27.2 Å². The highest BCUT2D eigenvalue weighted by molar-refractivity contribution is 5.93.